The molecule has 12 heteroatoms. The van der Waals surface area contributed by atoms with E-state index in [1.165, 1.54) is 0 Å². The second-order valence-electron chi connectivity index (χ2n) is 11.3. The lowest BCUT2D eigenvalue weighted by Crippen LogP contribution is -2.59. The Balaban J connectivity index is 1.31. The summed E-state index contributed by atoms with van der Waals surface area (Å²) in [6, 6.07) is 11.4. The maximum atomic E-state index is 13.4. The first-order chi connectivity index (χ1) is 19.2. The summed E-state index contributed by atoms with van der Waals surface area (Å²) >= 11 is 0. The lowest BCUT2D eigenvalue weighted by Gasteiger charge is -2.46. The van der Waals surface area contributed by atoms with Crippen LogP contribution in [0.4, 0.5) is 4.79 Å². The fourth-order valence-corrected chi connectivity index (χ4v) is 5.58. The first-order valence-electron chi connectivity index (χ1n) is 14.0. The quantitative estimate of drug-likeness (QED) is 0.216. The van der Waals surface area contributed by atoms with Gasteiger partial charge in [-0.05, 0) is 44.7 Å². The number of alkyl carbamates (subject to hydrolysis) is 1. The number of hydrogen-bond acceptors (Lipinski definition) is 9. The van der Waals surface area contributed by atoms with Gasteiger partial charge in [0.25, 0.3) is 5.91 Å². The summed E-state index contributed by atoms with van der Waals surface area (Å²) in [5.41, 5.74) is 0.442. The molecule has 0 aromatic heterocycles. The number of nitrogens with one attached hydrogen (secondary N) is 1. The molecule has 11 nitrogen and oxygen atoms in total. The summed E-state index contributed by atoms with van der Waals surface area (Å²) in [4.78, 5) is 32.2. The number of likely N-dealkylation sites (tertiary alicyclic amines) is 1. The molecule has 3 heterocycles. The van der Waals surface area contributed by atoms with E-state index < -0.39 is 24.7 Å². The van der Waals surface area contributed by atoms with Gasteiger partial charge in [-0.15, -0.1) is 0 Å². The average Bonchev–Trinajstić information content (AvgIpc) is 3.38. The molecule has 0 saturated carbocycles. The van der Waals surface area contributed by atoms with Gasteiger partial charge in [0.1, 0.15) is 18.2 Å². The van der Waals surface area contributed by atoms with Crippen LogP contribution in [0.15, 0.2) is 42.0 Å². The lowest BCUT2D eigenvalue weighted by atomic mass is 9.76. The molecule has 4 rings (SSSR count). The van der Waals surface area contributed by atoms with E-state index in [9.17, 15) is 24.9 Å². The van der Waals surface area contributed by atoms with E-state index >= 15 is 0 Å². The Kier molecular flexibility index (Phi) is 10.2. The molecule has 2 unspecified atom stereocenters. The zero-order valence-electron chi connectivity index (χ0n) is 23.4. The number of nitrogens with zero attached hydrogens (tertiary/aromatic N) is 4. The molecule has 2 amide bonds. The van der Waals surface area contributed by atoms with E-state index in [-0.39, 0.29) is 30.5 Å². The minimum atomic E-state index is -1.76. The molecular weight excluding hydrogens is 513 g/mol. The van der Waals surface area contributed by atoms with Crippen LogP contribution in [0.5, 0.6) is 0 Å². The summed E-state index contributed by atoms with van der Waals surface area (Å²) < 4.78 is 10.7. The number of carbonyl (C=O) groups is 2. The van der Waals surface area contributed by atoms with Gasteiger partial charge in [0, 0.05) is 38.3 Å². The standard InChI is InChI=1S/C28H40BN5O6/c1-28(2,33-13-11-32(12-14-33)24-18-39-19-24)16-22(17-30)26(35)34-10-6-9-23(34)20-40-27(36)31-25(29(37)38)15-21-7-4-3-5-8-21/h3-5,7-8,16,23-25,37-38H,6,9-15,18-20H2,1-2H3,(H,31,36). The predicted molar refractivity (Wildman–Crippen MR) is 149 cm³/mol. The molecule has 3 aliphatic heterocycles. The van der Waals surface area contributed by atoms with Crippen LogP contribution in [-0.2, 0) is 20.7 Å². The largest absolute Gasteiger partial charge is 0.475 e. The van der Waals surface area contributed by atoms with Crippen molar-refractivity contribution < 1.29 is 29.1 Å². The number of amides is 2. The van der Waals surface area contributed by atoms with E-state index in [4.69, 9.17) is 9.47 Å². The first-order valence-corrected chi connectivity index (χ1v) is 14.0. The molecule has 3 saturated heterocycles. The van der Waals surface area contributed by atoms with Crippen molar-refractivity contribution in [2.24, 2.45) is 0 Å². The van der Waals surface area contributed by atoms with E-state index in [2.05, 4.69) is 21.2 Å². The molecule has 3 N–H and O–H groups in total. The monoisotopic (exact) mass is 553 g/mol. The number of benzene rings is 1. The zero-order valence-corrected chi connectivity index (χ0v) is 23.4. The second kappa shape index (κ2) is 13.6. The highest BCUT2D eigenvalue weighted by molar-refractivity contribution is 6.43. The molecule has 40 heavy (non-hydrogen) atoms. The number of rotatable bonds is 10. The van der Waals surface area contributed by atoms with Crippen LogP contribution in [0.1, 0.15) is 32.3 Å². The fourth-order valence-electron chi connectivity index (χ4n) is 5.58. The average molecular weight is 553 g/mol. The molecule has 3 aliphatic rings. The van der Waals surface area contributed by atoms with Gasteiger partial charge in [-0.25, -0.2) is 4.79 Å². The van der Waals surface area contributed by atoms with Gasteiger partial charge in [-0.2, -0.15) is 5.26 Å². The molecule has 0 radical (unpaired) electrons. The molecule has 3 fully saturated rings. The van der Waals surface area contributed by atoms with Crippen LogP contribution in [-0.4, -0.2) is 120 Å². The van der Waals surface area contributed by atoms with Crippen LogP contribution < -0.4 is 5.32 Å². The second-order valence-corrected chi connectivity index (χ2v) is 11.3. The maximum Gasteiger partial charge on any atom is 0.475 e. The van der Waals surface area contributed by atoms with Crippen LogP contribution in [0.2, 0.25) is 0 Å². The summed E-state index contributed by atoms with van der Waals surface area (Å²) in [5.74, 6) is -1.31. The molecular formula is C28H40BN5O6. The van der Waals surface area contributed by atoms with Crippen LogP contribution in [0, 0.1) is 11.3 Å². The minimum Gasteiger partial charge on any atom is -0.447 e. The minimum absolute atomic E-state index is 0.0495. The summed E-state index contributed by atoms with van der Waals surface area (Å²) in [7, 11) is -1.76. The Morgan fingerprint density at radius 3 is 2.50 bits per heavy atom. The number of hydrogen-bond donors (Lipinski definition) is 3. The Hall–Kier alpha value is -2.95. The molecule has 0 bridgehead atoms. The first kappa shape index (κ1) is 30.0. The Bertz CT molecular complexity index is 1080. The highest BCUT2D eigenvalue weighted by Crippen LogP contribution is 2.25. The summed E-state index contributed by atoms with van der Waals surface area (Å²) in [6.45, 7) is 9.58. The number of piperazine rings is 1. The molecule has 1 aromatic carbocycles. The third kappa shape index (κ3) is 7.62. The fraction of sp³-hybridized carbons (Fsp3) is 0.607. The zero-order chi connectivity index (χ0) is 28.7. The van der Waals surface area contributed by atoms with Crippen molar-refractivity contribution >= 4 is 19.1 Å². The molecule has 1 aromatic rings. The van der Waals surface area contributed by atoms with Crippen molar-refractivity contribution in [3.63, 3.8) is 0 Å². The van der Waals surface area contributed by atoms with Crippen molar-refractivity contribution in [3.8, 4) is 6.07 Å². The molecule has 2 atom stereocenters. The normalized spacial score (nSPS) is 21.8. The number of ether oxygens (including phenoxy) is 2. The van der Waals surface area contributed by atoms with Crippen molar-refractivity contribution in [3.05, 3.63) is 47.5 Å². The smallest absolute Gasteiger partial charge is 0.447 e. The SMILES string of the molecule is CC(C)(C=C(C#N)C(=O)N1CCCC1COC(=O)NC(Cc1ccccc1)B(O)O)N1CCN(C2COC2)CC1. The van der Waals surface area contributed by atoms with E-state index in [0.717, 1.165) is 51.4 Å². The van der Waals surface area contributed by atoms with Crippen LogP contribution >= 0.6 is 0 Å². The molecule has 216 valence electrons. The Morgan fingerprint density at radius 1 is 1.20 bits per heavy atom. The van der Waals surface area contributed by atoms with E-state index in [1.54, 1.807) is 11.0 Å². The van der Waals surface area contributed by atoms with Gasteiger partial charge in [0.2, 0.25) is 0 Å². The number of carbonyl (C=O) groups excluding carboxylic acids is 2. The predicted octanol–water partition coefficient (Wildman–Crippen LogP) is 0.572. The van der Waals surface area contributed by atoms with Gasteiger partial charge >= 0.3 is 13.2 Å². The third-order valence-electron chi connectivity index (χ3n) is 8.12. The highest BCUT2D eigenvalue weighted by atomic mass is 16.5. The van der Waals surface area contributed by atoms with Gasteiger partial charge in [-0.3, -0.25) is 14.6 Å². The van der Waals surface area contributed by atoms with Gasteiger partial charge in [0.15, 0.2) is 0 Å². The Labute approximate surface area is 236 Å². The lowest BCUT2D eigenvalue weighted by molar-refractivity contribution is -0.128. The van der Waals surface area contributed by atoms with Crippen molar-refractivity contribution in [2.45, 2.75) is 56.7 Å². The summed E-state index contributed by atoms with van der Waals surface area (Å²) in [5, 5.41) is 31.9. The van der Waals surface area contributed by atoms with Gasteiger partial charge in [0.05, 0.1) is 31.2 Å². The Morgan fingerprint density at radius 2 is 1.90 bits per heavy atom. The van der Waals surface area contributed by atoms with E-state index in [1.807, 2.05) is 44.2 Å². The molecule has 0 spiro atoms. The van der Waals surface area contributed by atoms with Crippen molar-refractivity contribution in [1.29, 1.82) is 5.26 Å². The van der Waals surface area contributed by atoms with Crippen molar-refractivity contribution in [2.75, 3.05) is 52.5 Å². The maximum absolute atomic E-state index is 13.4. The van der Waals surface area contributed by atoms with Crippen molar-refractivity contribution in [1.82, 2.24) is 20.0 Å². The van der Waals surface area contributed by atoms with Crippen LogP contribution in [0.25, 0.3) is 0 Å². The third-order valence-corrected chi connectivity index (χ3v) is 8.12. The molecule has 0 aliphatic carbocycles. The van der Waals surface area contributed by atoms with Gasteiger partial charge in [-0.1, -0.05) is 30.3 Å². The number of nitriles is 1. The van der Waals surface area contributed by atoms with E-state index in [0.29, 0.717) is 19.0 Å². The van der Waals surface area contributed by atoms with Crippen LogP contribution in [0.3, 0.4) is 0 Å². The summed E-state index contributed by atoms with van der Waals surface area (Å²) in [6.07, 6.45) is 2.57. The topological polar surface area (TPSA) is 139 Å². The van der Waals surface area contributed by atoms with Gasteiger partial charge < -0.3 is 29.7 Å². The highest BCUT2D eigenvalue weighted by Gasteiger charge is 2.36.